The highest BCUT2D eigenvalue weighted by Gasteiger charge is 2.21. The Morgan fingerprint density at radius 1 is 0.889 bits per heavy atom. The lowest BCUT2D eigenvalue weighted by Crippen LogP contribution is -2.13. The normalized spacial score (nSPS) is 10.6. The lowest BCUT2D eigenvalue weighted by molar-refractivity contribution is 0.0642. The second-order valence-electron chi connectivity index (χ2n) is 3.29. The van der Waals surface area contributed by atoms with Crippen LogP contribution in [0.5, 0.6) is 0 Å². The van der Waals surface area contributed by atoms with Crippen molar-refractivity contribution in [1.29, 1.82) is 0 Å². The average molecular weight is 287 g/mol. The Bertz CT molecular complexity index is 629. The van der Waals surface area contributed by atoms with Gasteiger partial charge < -0.3 is 10.2 Å². The average Bonchev–Trinajstić information content (AvgIpc) is 2.28. The lowest BCUT2D eigenvalue weighted by atomic mass is 10.2. The number of aromatic nitrogens is 2. The lowest BCUT2D eigenvalue weighted by Gasteiger charge is -2.04. The van der Waals surface area contributed by atoms with E-state index in [2.05, 4.69) is 9.97 Å². The second kappa shape index (κ2) is 4.40. The number of carbonyl (C=O) groups is 2. The first-order valence-electron chi connectivity index (χ1n) is 4.53. The third kappa shape index (κ3) is 2.07. The first kappa shape index (κ1) is 12.5. The molecule has 0 atom stereocenters. The van der Waals surface area contributed by atoms with Crippen LogP contribution in [0.3, 0.4) is 0 Å². The van der Waals surface area contributed by atoms with E-state index in [4.69, 9.17) is 33.4 Å². The SMILES string of the molecule is O=C(O)c1nc2cc(Cl)c(Cl)cc2nc1C(=O)O. The summed E-state index contributed by atoms with van der Waals surface area (Å²) in [7, 11) is 0. The Morgan fingerprint density at radius 3 is 1.50 bits per heavy atom. The third-order valence-electron chi connectivity index (χ3n) is 2.11. The van der Waals surface area contributed by atoms with E-state index in [9.17, 15) is 9.59 Å². The highest BCUT2D eigenvalue weighted by molar-refractivity contribution is 6.42. The maximum atomic E-state index is 10.9. The largest absolute Gasteiger partial charge is 0.476 e. The van der Waals surface area contributed by atoms with Gasteiger partial charge in [0.05, 0.1) is 21.1 Å². The van der Waals surface area contributed by atoms with Crippen molar-refractivity contribution >= 4 is 46.2 Å². The minimum absolute atomic E-state index is 0.159. The monoisotopic (exact) mass is 286 g/mol. The predicted molar refractivity (Wildman–Crippen MR) is 63.5 cm³/mol. The summed E-state index contributed by atoms with van der Waals surface area (Å²) in [5.41, 5.74) is -0.972. The number of hydrogen-bond acceptors (Lipinski definition) is 4. The van der Waals surface area contributed by atoms with E-state index < -0.39 is 23.3 Å². The molecule has 18 heavy (non-hydrogen) atoms. The molecular weight excluding hydrogens is 283 g/mol. The number of carboxylic acid groups (broad SMARTS) is 2. The Labute approximate surface area is 110 Å². The zero-order valence-corrected chi connectivity index (χ0v) is 10.0. The standard InChI is InChI=1S/C10H4Cl2N2O4/c11-3-1-5-6(2-4(3)12)14-8(10(17)18)7(13-5)9(15)16/h1-2H,(H,15,16)(H,17,18). The van der Waals surface area contributed by atoms with Gasteiger partial charge in [0.2, 0.25) is 0 Å². The van der Waals surface area contributed by atoms with Gasteiger partial charge in [0.15, 0.2) is 11.4 Å². The van der Waals surface area contributed by atoms with Crippen LogP contribution in [0.25, 0.3) is 11.0 Å². The maximum Gasteiger partial charge on any atom is 0.357 e. The van der Waals surface area contributed by atoms with Crippen molar-refractivity contribution in [2.24, 2.45) is 0 Å². The highest BCUT2D eigenvalue weighted by Crippen LogP contribution is 2.26. The summed E-state index contributed by atoms with van der Waals surface area (Å²) < 4.78 is 0. The van der Waals surface area contributed by atoms with Gasteiger partial charge in [-0.1, -0.05) is 23.2 Å². The van der Waals surface area contributed by atoms with Crippen molar-refractivity contribution in [3.05, 3.63) is 33.6 Å². The number of rotatable bonds is 2. The van der Waals surface area contributed by atoms with Gasteiger partial charge in [0, 0.05) is 0 Å². The summed E-state index contributed by atoms with van der Waals surface area (Å²) in [6.45, 7) is 0. The Kier molecular flexibility index (Phi) is 3.06. The number of hydrogen-bond donors (Lipinski definition) is 2. The van der Waals surface area contributed by atoms with Crippen LogP contribution in [0.15, 0.2) is 12.1 Å². The maximum absolute atomic E-state index is 10.9. The molecule has 0 aliphatic rings. The van der Waals surface area contributed by atoms with Gasteiger partial charge in [-0.15, -0.1) is 0 Å². The second-order valence-corrected chi connectivity index (χ2v) is 4.10. The minimum atomic E-state index is -1.48. The molecule has 0 spiro atoms. The Morgan fingerprint density at radius 2 is 1.22 bits per heavy atom. The molecule has 0 saturated carbocycles. The van der Waals surface area contributed by atoms with E-state index in [0.717, 1.165) is 0 Å². The fraction of sp³-hybridized carbons (Fsp3) is 0. The predicted octanol–water partition coefficient (Wildman–Crippen LogP) is 2.33. The highest BCUT2D eigenvalue weighted by atomic mass is 35.5. The summed E-state index contributed by atoms with van der Waals surface area (Å²) in [5, 5.41) is 18.1. The number of benzene rings is 1. The zero-order valence-electron chi connectivity index (χ0n) is 8.52. The minimum Gasteiger partial charge on any atom is -0.476 e. The van der Waals surface area contributed by atoms with Crippen molar-refractivity contribution in [1.82, 2.24) is 9.97 Å². The van der Waals surface area contributed by atoms with Crippen molar-refractivity contribution < 1.29 is 19.8 Å². The number of aromatic carboxylic acids is 2. The van der Waals surface area contributed by atoms with E-state index >= 15 is 0 Å². The summed E-state index contributed by atoms with van der Waals surface area (Å²) >= 11 is 11.5. The van der Waals surface area contributed by atoms with Crippen LogP contribution in [0.4, 0.5) is 0 Å². The van der Waals surface area contributed by atoms with Crippen LogP contribution in [0, 0.1) is 0 Å². The van der Waals surface area contributed by atoms with E-state index in [0.29, 0.717) is 0 Å². The summed E-state index contributed by atoms with van der Waals surface area (Å²) in [5.74, 6) is -2.96. The molecule has 0 radical (unpaired) electrons. The van der Waals surface area contributed by atoms with Crippen molar-refractivity contribution in [3.8, 4) is 0 Å². The van der Waals surface area contributed by atoms with E-state index in [-0.39, 0.29) is 21.1 Å². The van der Waals surface area contributed by atoms with Crippen LogP contribution in [0.1, 0.15) is 21.0 Å². The molecule has 0 bridgehead atoms. The first-order valence-corrected chi connectivity index (χ1v) is 5.29. The number of nitrogens with zero attached hydrogens (tertiary/aromatic N) is 2. The molecule has 2 aromatic rings. The molecule has 2 rings (SSSR count). The fourth-order valence-corrected chi connectivity index (χ4v) is 1.67. The molecule has 0 amide bonds. The van der Waals surface area contributed by atoms with Crippen molar-refractivity contribution in [2.45, 2.75) is 0 Å². The zero-order chi connectivity index (χ0) is 13.4. The van der Waals surface area contributed by atoms with Gasteiger partial charge in [0.25, 0.3) is 0 Å². The molecule has 1 heterocycles. The summed E-state index contributed by atoms with van der Waals surface area (Å²) in [6.07, 6.45) is 0. The molecule has 0 saturated heterocycles. The van der Waals surface area contributed by atoms with Gasteiger partial charge in [-0.3, -0.25) is 0 Å². The number of halogens is 2. The Hall–Kier alpha value is -1.92. The van der Waals surface area contributed by atoms with Crippen LogP contribution in [0.2, 0.25) is 10.0 Å². The van der Waals surface area contributed by atoms with E-state index in [1.165, 1.54) is 12.1 Å². The molecule has 1 aromatic heterocycles. The molecule has 0 unspecified atom stereocenters. The molecule has 8 heteroatoms. The Balaban J connectivity index is 2.84. The molecule has 0 aliphatic carbocycles. The molecule has 1 aromatic carbocycles. The topological polar surface area (TPSA) is 100 Å². The van der Waals surface area contributed by atoms with Gasteiger partial charge in [-0.25, -0.2) is 19.6 Å². The van der Waals surface area contributed by atoms with Gasteiger partial charge in [0.1, 0.15) is 0 Å². The van der Waals surface area contributed by atoms with Crippen LogP contribution in [-0.2, 0) is 0 Å². The van der Waals surface area contributed by atoms with Gasteiger partial charge >= 0.3 is 11.9 Å². The molecule has 0 fully saturated rings. The summed E-state index contributed by atoms with van der Waals surface area (Å²) in [4.78, 5) is 29.2. The first-order chi connectivity index (χ1) is 8.40. The molecule has 92 valence electrons. The number of carboxylic acids is 2. The quantitative estimate of drug-likeness (QED) is 0.879. The van der Waals surface area contributed by atoms with Gasteiger partial charge in [-0.2, -0.15) is 0 Å². The van der Waals surface area contributed by atoms with Crippen LogP contribution < -0.4 is 0 Å². The van der Waals surface area contributed by atoms with Crippen molar-refractivity contribution in [3.63, 3.8) is 0 Å². The molecule has 0 aliphatic heterocycles. The third-order valence-corrected chi connectivity index (χ3v) is 2.83. The van der Waals surface area contributed by atoms with E-state index in [1.807, 2.05) is 0 Å². The molecule has 2 N–H and O–H groups in total. The van der Waals surface area contributed by atoms with E-state index in [1.54, 1.807) is 0 Å². The molecule has 6 nitrogen and oxygen atoms in total. The van der Waals surface area contributed by atoms with Crippen LogP contribution >= 0.6 is 23.2 Å². The van der Waals surface area contributed by atoms with Crippen LogP contribution in [-0.4, -0.2) is 32.1 Å². The molecular formula is C10H4Cl2N2O4. The summed E-state index contributed by atoms with van der Waals surface area (Å²) in [6, 6.07) is 2.65. The smallest absolute Gasteiger partial charge is 0.357 e. The van der Waals surface area contributed by atoms with Gasteiger partial charge in [-0.05, 0) is 12.1 Å². The fourth-order valence-electron chi connectivity index (χ4n) is 1.35. The number of fused-ring (bicyclic) bond motifs is 1. The van der Waals surface area contributed by atoms with Crippen molar-refractivity contribution in [2.75, 3.05) is 0 Å².